The maximum absolute atomic E-state index is 10.7. The fourth-order valence-corrected chi connectivity index (χ4v) is 3.68. The van der Waals surface area contributed by atoms with Crippen LogP contribution in [-0.2, 0) is 12.8 Å². The summed E-state index contributed by atoms with van der Waals surface area (Å²) >= 11 is 6.95. The molecule has 0 spiro atoms. The highest BCUT2D eigenvalue weighted by atomic mass is 79.9. The first-order valence-corrected chi connectivity index (χ1v) is 8.39. The van der Waals surface area contributed by atoms with E-state index in [4.69, 9.17) is 0 Å². The van der Waals surface area contributed by atoms with E-state index in [0.29, 0.717) is 0 Å². The van der Waals surface area contributed by atoms with Gasteiger partial charge in [0.05, 0.1) is 0 Å². The van der Waals surface area contributed by atoms with Crippen molar-refractivity contribution in [3.8, 4) is 0 Å². The predicted molar refractivity (Wildman–Crippen MR) is 91.1 cm³/mol. The van der Waals surface area contributed by atoms with Gasteiger partial charge in [0.1, 0.15) is 6.10 Å². The highest BCUT2D eigenvalue weighted by molar-refractivity contribution is 9.11. The second kappa shape index (κ2) is 6.88. The Hall–Kier alpha value is -0.640. The fraction of sp³-hybridized carbons (Fsp3) is 0.294. The van der Waals surface area contributed by atoms with Crippen LogP contribution in [-0.4, -0.2) is 5.11 Å². The molecule has 1 nitrogen and oxygen atoms in total. The van der Waals surface area contributed by atoms with Crippen LogP contribution in [0.1, 0.15) is 42.2 Å². The SMILES string of the molecule is CCc1ccc(CC)c(C(O)c2cc(Br)cc(Br)c2)c1. The first kappa shape index (κ1) is 15.7. The number of hydrogen-bond donors (Lipinski definition) is 1. The number of aliphatic hydroxyl groups is 1. The number of rotatable bonds is 4. The average Bonchev–Trinajstić information content (AvgIpc) is 2.44. The Labute approximate surface area is 137 Å². The molecule has 2 aromatic carbocycles. The van der Waals surface area contributed by atoms with Crippen molar-refractivity contribution < 1.29 is 5.11 Å². The van der Waals surface area contributed by atoms with E-state index in [-0.39, 0.29) is 0 Å². The molecule has 0 bridgehead atoms. The molecule has 0 heterocycles. The molecule has 0 radical (unpaired) electrons. The minimum absolute atomic E-state index is 0.592. The van der Waals surface area contributed by atoms with Crippen LogP contribution in [0.4, 0.5) is 0 Å². The summed E-state index contributed by atoms with van der Waals surface area (Å²) in [5.74, 6) is 0. The van der Waals surface area contributed by atoms with Crippen molar-refractivity contribution >= 4 is 31.9 Å². The number of halogens is 2. The van der Waals surface area contributed by atoms with Gasteiger partial charge in [0, 0.05) is 8.95 Å². The molecule has 1 unspecified atom stereocenters. The Bertz CT molecular complexity index is 588. The summed E-state index contributed by atoms with van der Waals surface area (Å²) in [6, 6.07) is 12.3. The number of hydrogen-bond acceptors (Lipinski definition) is 1. The van der Waals surface area contributed by atoms with Gasteiger partial charge in [-0.25, -0.2) is 0 Å². The van der Waals surface area contributed by atoms with Gasteiger partial charge >= 0.3 is 0 Å². The molecule has 0 aromatic heterocycles. The Morgan fingerprint density at radius 3 is 2.15 bits per heavy atom. The molecule has 20 heavy (non-hydrogen) atoms. The van der Waals surface area contributed by atoms with Crippen molar-refractivity contribution in [2.24, 2.45) is 0 Å². The topological polar surface area (TPSA) is 20.2 Å². The van der Waals surface area contributed by atoms with Crippen LogP contribution in [0, 0.1) is 0 Å². The zero-order chi connectivity index (χ0) is 14.7. The number of aryl methyl sites for hydroxylation is 2. The lowest BCUT2D eigenvalue weighted by Crippen LogP contribution is -2.05. The molecule has 0 fully saturated rings. The van der Waals surface area contributed by atoms with Crippen LogP contribution in [0.25, 0.3) is 0 Å². The van der Waals surface area contributed by atoms with E-state index in [2.05, 4.69) is 63.9 Å². The van der Waals surface area contributed by atoms with Gasteiger partial charge in [-0.2, -0.15) is 0 Å². The largest absolute Gasteiger partial charge is 0.384 e. The van der Waals surface area contributed by atoms with Crippen LogP contribution >= 0.6 is 31.9 Å². The lowest BCUT2D eigenvalue weighted by molar-refractivity contribution is 0.219. The highest BCUT2D eigenvalue weighted by Gasteiger charge is 2.15. The zero-order valence-electron chi connectivity index (χ0n) is 11.7. The Balaban J connectivity index is 2.48. The first-order chi connectivity index (χ1) is 9.55. The van der Waals surface area contributed by atoms with Crippen LogP contribution in [0.15, 0.2) is 45.3 Å². The minimum Gasteiger partial charge on any atom is -0.384 e. The fourth-order valence-electron chi connectivity index (χ4n) is 2.35. The van der Waals surface area contributed by atoms with E-state index < -0.39 is 6.10 Å². The van der Waals surface area contributed by atoms with Crippen molar-refractivity contribution in [2.45, 2.75) is 32.8 Å². The van der Waals surface area contributed by atoms with Crippen LogP contribution in [0.5, 0.6) is 0 Å². The molecule has 0 saturated heterocycles. The Kier molecular flexibility index (Phi) is 5.42. The average molecular weight is 398 g/mol. The maximum Gasteiger partial charge on any atom is 0.104 e. The molecule has 1 N–H and O–H groups in total. The second-order valence-corrected chi connectivity index (χ2v) is 6.68. The van der Waals surface area contributed by atoms with E-state index in [1.165, 1.54) is 11.1 Å². The maximum atomic E-state index is 10.7. The minimum atomic E-state index is -0.592. The molecule has 0 aliphatic heterocycles. The number of aliphatic hydroxyl groups excluding tert-OH is 1. The monoisotopic (exact) mass is 396 g/mol. The summed E-state index contributed by atoms with van der Waals surface area (Å²) < 4.78 is 1.93. The van der Waals surface area contributed by atoms with Gasteiger partial charge in [-0.15, -0.1) is 0 Å². The summed E-state index contributed by atoms with van der Waals surface area (Å²) in [7, 11) is 0. The van der Waals surface area contributed by atoms with Crippen LogP contribution in [0.2, 0.25) is 0 Å². The molecule has 0 amide bonds. The van der Waals surface area contributed by atoms with Crippen LogP contribution < -0.4 is 0 Å². The predicted octanol–water partition coefficient (Wildman–Crippen LogP) is 5.42. The summed E-state index contributed by atoms with van der Waals surface area (Å²) in [6.07, 6.45) is 1.31. The third kappa shape index (κ3) is 3.51. The van der Waals surface area contributed by atoms with Gasteiger partial charge in [0.25, 0.3) is 0 Å². The Morgan fingerprint density at radius 1 is 0.950 bits per heavy atom. The summed E-state index contributed by atoms with van der Waals surface area (Å²) in [5, 5.41) is 10.7. The van der Waals surface area contributed by atoms with Gasteiger partial charge < -0.3 is 5.11 Å². The van der Waals surface area contributed by atoms with Gasteiger partial charge in [0.15, 0.2) is 0 Å². The standard InChI is InChI=1S/C17H18Br2O/c1-3-11-5-6-12(4-2)16(7-11)17(20)13-8-14(18)10-15(19)9-13/h5-10,17,20H,3-4H2,1-2H3. The molecular weight excluding hydrogens is 380 g/mol. The third-order valence-electron chi connectivity index (χ3n) is 3.49. The quantitative estimate of drug-likeness (QED) is 0.730. The molecular formula is C17H18Br2O. The molecule has 106 valence electrons. The molecule has 2 aromatic rings. The van der Waals surface area contributed by atoms with Gasteiger partial charge in [0.2, 0.25) is 0 Å². The van der Waals surface area contributed by atoms with E-state index in [9.17, 15) is 5.11 Å². The normalized spacial score (nSPS) is 12.4. The number of benzene rings is 2. The zero-order valence-corrected chi connectivity index (χ0v) is 14.8. The molecule has 3 heteroatoms. The van der Waals surface area contributed by atoms with Crippen molar-refractivity contribution in [1.82, 2.24) is 0 Å². The Morgan fingerprint density at radius 2 is 1.60 bits per heavy atom. The first-order valence-electron chi connectivity index (χ1n) is 6.80. The summed E-state index contributed by atoms with van der Waals surface area (Å²) in [6.45, 7) is 4.25. The second-order valence-electron chi connectivity index (χ2n) is 4.85. The smallest absolute Gasteiger partial charge is 0.104 e. The van der Waals surface area contributed by atoms with Crippen molar-refractivity contribution in [2.75, 3.05) is 0 Å². The van der Waals surface area contributed by atoms with Crippen molar-refractivity contribution in [1.29, 1.82) is 0 Å². The molecule has 0 saturated carbocycles. The van der Waals surface area contributed by atoms with E-state index in [0.717, 1.165) is 32.9 Å². The van der Waals surface area contributed by atoms with Gasteiger partial charge in [-0.3, -0.25) is 0 Å². The van der Waals surface area contributed by atoms with E-state index in [1.807, 2.05) is 18.2 Å². The van der Waals surface area contributed by atoms with Crippen molar-refractivity contribution in [3.05, 3.63) is 67.6 Å². The molecule has 2 rings (SSSR count). The third-order valence-corrected chi connectivity index (χ3v) is 4.41. The highest BCUT2D eigenvalue weighted by Crippen LogP contribution is 2.30. The van der Waals surface area contributed by atoms with Crippen LogP contribution in [0.3, 0.4) is 0 Å². The lowest BCUT2D eigenvalue weighted by Gasteiger charge is -2.17. The van der Waals surface area contributed by atoms with Gasteiger partial charge in [-0.1, -0.05) is 63.9 Å². The lowest BCUT2D eigenvalue weighted by atomic mass is 9.93. The summed E-state index contributed by atoms with van der Waals surface area (Å²) in [4.78, 5) is 0. The summed E-state index contributed by atoms with van der Waals surface area (Å²) in [5.41, 5.74) is 4.36. The molecule has 0 aliphatic carbocycles. The molecule has 1 atom stereocenters. The van der Waals surface area contributed by atoms with E-state index >= 15 is 0 Å². The van der Waals surface area contributed by atoms with Gasteiger partial charge in [-0.05, 0) is 53.3 Å². The molecule has 0 aliphatic rings. The van der Waals surface area contributed by atoms with Crippen molar-refractivity contribution in [3.63, 3.8) is 0 Å². The van der Waals surface area contributed by atoms with E-state index in [1.54, 1.807) is 0 Å².